The van der Waals surface area contributed by atoms with Gasteiger partial charge in [-0.3, -0.25) is 0 Å². The van der Waals surface area contributed by atoms with Gasteiger partial charge in [0.1, 0.15) is 0 Å². The minimum atomic E-state index is -0.883. The van der Waals surface area contributed by atoms with Crippen molar-refractivity contribution in [1.29, 1.82) is 0 Å². The Kier molecular flexibility index (Phi) is 6.21. The van der Waals surface area contributed by atoms with Crippen LogP contribution in [0.25, 0.3) is 0 Å². The summed E-state index contributed by atoms with van der Waals surface area (Å²) in [7, 11) is 0. The van der Waals surface area contributed by atoms with Crippen molar-refractivity contribution >= 4 is 5.97 Å². The van der Waals surface area contributed by atoms with E-state index in [4.69, 9.17) is 9.84 Å². The Bertz CT molecular complexity index is 461. The molecule has 0 aliphatic heterocycles. The summed E-state index contributed by atoms with van der Waals surface area (Å²) in [5, 5.41) is 12.3. The number of aromatic carboxylic acids is 1. The molecule has 2 rings (SSSR count). The smallest absolute Gasteiger partial charge is 0.335 e. The lowest BCUT2D eigenvalue weighted by Crippen LogP contribution is -2.29. The van der Waals surface area contributed by atoms with E-state index in [0.29, 0.717) is 30.7 Å². The Morgan fingerprint density at radius 1 is 1.38 bits per heavy atom. The van der Waals surface area contributed by atoms with Crippen molar-refractivity contribution in [1.82, 2.24) is 5.32 Å². The van der Waals surface area contributed by atoms with Crippen molar-refractivity contribution in [2.45, 2.75) is 45.3 Å². The van der Waals surface area contributed by atoms with Gasteiger partial charge in [-0.05, 0) is 36.5 Å². The normalized spacial score (nSPS) is 22.1. The molecule has 4 nitrogen and oxygen atoms in total. The quantitative estimate of drug-likeness (QED) is 0.758. The van der Waals surface area contributed by atoms with Crippen LogP contribution in [-0.4, -0.2) is 30.3 Å². The van der Waals surface area contributed by atoms with Crippen LogP contribution in [0.3, 0.4) is 0 Å². The van der Waals surface area contributed by atoms with Gasteiger partial charge in [0.05, 0.1) is 18.3 Å². The fraction of sp³-hybridized carbons (Fsp3) is 0.588. The van der Waals surface area contributed by atoms with E-state index in [2.05, 4.69) is 12.2 Å². The first kappa shape index (κ1) is 16.0. The van der Waals surface area contributed by atoms with E-state index in [-0.39, 0.29) is 0 Å². The fourth-order valence-electron chi connectivity index (χ4n) is 2.86. The minimum Gasteiger partial charge on any atom is -0.478 e. The monoisotopic (exact) mass is 291 g/mol. The summed E-state index contributed by atoms with van der Waals surface area (Å²) in [5.41, 5.74) is 1.32. The minimum absolute atomic E-state index is 0.335. The van der Waals surface area contributed by atoms with Crippen molar-refractivity contribution in [3.63, 3.8) is 0 Å². The Morgan fingerprint density at radius 3 is 2.95 bits per heavy atom. The van der Waals surface area contributed by atoms with Crippen LogP contribution in [0.2, 0.25) is 0 Å². The molecule has 2 N–H and O–H groups in total. The molecule has 1 saturated carbocycles. The van der Waals surface area contributed by atoms with Crippen LogP contribution in [0.15, 0.2) is 24.3 Å². The largest absolute Gasteiger partial charge is 0.478 e. The van der Waals surface area contributed by atoms with Gasteiger partial charge >= 0.3 is 5.97 Å². The van der Waals surface area contributed by atoms with E-state index in [1.807, 2.05) is 6.07 Å². The zero-order valence-corrected chi connectivity index (χ0v) is 12.7. The molecule has 0 aromatic heterocycles. The second kappa shape index (κ2) is 8.15. The van der Waals surface area contributed by atoms with Gasteiger partial charge in [-0.1, -0.05) is 31.9 Å². The molecular formula is C17H25NO3. The molecule has 4 heteroatoms. The standard InChI is InChI=1S/C17H25NO3/c1-13-5-2-3-8-16(13)21-10-9-18-12-14-6-4-7-15(11-14)17(19)20/h4,6-7,11,13,16,18H,2-3,5,8-10,12H2,1H3,(H,19,20). The second-order valence-corrected chi connectivity index (χ2v) is 5.85. The van der Waals surface area contributed by atoms with E-state index in [1.165, 1.54) is 25.7 Å². The van der Waals surface area contributed by atoms with E-state index >= 15 is 0 Å². The highest BCUT2D eigenvalue weighted by molar-refractivity contribution is 5.87. The maximum absolute atomic E-state index is 10.9. The predicted molar refractivity (Wildman–Crippen MR) is 82.5 cm³/mol. The first-order valence-electron chi connectivity index (χ1n) is 7.81. The Balaban J connectivity index is 1.65. The van der Waals surface area contributed by atoms with Crippen LogP contribution in [0.1, 0.15) is 48.5 Å². The van der Waals surface area contributed by atoms with E-state index in [0.717, 1.165) is 12.1 Å². The maximum atomic E-state index is 10.9. The van der Waals surface area contributed by atoms with Gasteiger partial charge in [0.15, 0.2) is 0 Å². The summed E-state index contributed by atoms with van der Waals surface area (Å²) in [5.74, 6) is -0.211. The number of carboxylic acid groups (broad SMARTS) is 1. The molecule has 2 unspecified atom stereocenters. The molecule has 0 spiro atoms. The first-order valence-corrected chi connectivity index (χ1v) is 7.81. The Morgan fingerprint density at radius 2 is 2.19 bits per heavy atom. The summed E-state index contributed by atoms with van der Waals surface area (Å²) in [6.07, 6.45) is 5.49. The highest BCUT2D eigenvalue weighted by Crippen LogP contribution is 2.25. The zero-order valence-electron chi connectivity index (χ0n) is 12.7. The van der Waals surface area contributed by atoms with E-state index in [9.17, 15) is 4.79 Å². The van der Waals surface area contributed by atoms with Gasteiger partial charge in [-0.15, -0.1) is 0 Å². The van der Waals surface area contributed by atoms with E-state index in [1.54, 1.807) is 18.2 Å². The number of hydrogen-bond donors (Lipinski definition) is 2. The topological polar surface area (TPSA) is 58.6 Å². The first-order chi connectivity index (χ1) is 10.2. The highest BCUT2D eigenvalue weighted by atomic mass is 16.5. The van der Waals surface area contributed by atoms with Crippen molar-refractivity contribution in [2.75, 3.05) is 13.2 Å². The number of nitrogens with one attached hydrogen (secondary N) is 1. The van der Waals surface area contributed by atoms with Gasteiger partial charge in [0, 0.05) is 13.1 Å². The molecule has 0 radical (unpaired) electrons. The number of carbonyl (C=O) groups is 1. The summed E-state index contributed by atoms with van der Waals surface area (Å²) >= 11 is 0. The third-order valence-corrected chi connectivity index (χ3v) is 4.15. The van der Waals surface area contributed by atoms with Crippen LogP contribution in [0, 0.1) is 5.92 Å². The highest BCUT2D eigenvalue weighted by Gasteiger charge is 2.21. The number of carboxylic acids is 1. The van der Waals surface area contributed by atoms with Gasteiger partial charge in [0.25, 0.3) is 0 Å². The van der Waals surface area contributed by atoms with Gasteiger partial charge in [-0.25, -0.2) is 4.79 Å². The van der Waals surface area contributed by atoms with Crippen LogP contribution < -0.4 is 5.32 Å². The number of hydrogen-bond acceptors (Lipinski definition) is 3. The van der Waals surface area contributed by atoms with Crippen LogP contribution >= 0.6 is 0 Å². The molecule has 0 saturated heterocycles. The number of ether oxygens (including phenoxy) is 1. The molecule has 0 heterocycles. The van der Waals surface area contributed by atoms with Crippen LogP contribution in [0.5, 0.6) is 0 Å². The lowest BCUT2D eigenvalue weighted by Gasteiger charge is -2.28. The van der Waals surface area contributed by atoms with E-state index < -0.39 is 5.97 Å². The number of rotatable bonds is 7. The molecule has 1 fully saturated rings. The fourth-order valence-corrected chi connectivity index (χ4v) is 2.86. The molecule has 0 amide bonds. The second-order valence-electron chi connectivity index (χ2n) is 5.85. The molecular weight excluding hydrogens is 266 g/mol. The molecule has 21 heavy (non-hydrogen) atoms. The van der Waals surface area contributed by atoms with Crippen molar-refractivity contribution in [3.8, 4) is 0 Å². The van der Waals surface area contributed by atoms with Crippen molar-refractivity contribution < 1.29 is 14.6 Å². The summed E-state index contributed by atoms with van der Waals surface area (Å²) in [4.78, 5) is 10.9. The number of benzene rings is 1. The van der Waals surface area contributed by atoms with Crippen LogP contribution in [-0.2, 0) is 11.3 Å². The lowest BCUT2D eigenvalue weighted by atomic mass is 9.88. The average molecular weight is 291 g/mol. The molecule has 116 valence electrons. The predicted octanol–water partition coefficient (Wildman–Crippen LogP) is 3.07. The molecule has 1 aromatic rings. The lowest BCUT2D eigenvalue weighted by molar-refractivity contribution is -0.00322. The summed E-state index contributed by atoms with van der Waals surface area (Å²) in [6, 6.07) is 7.03. The molecule has 1 aromatic carbocycles. The summed E-state index contributed by atoms with van der Waals surface area (Å²) in [6.45, 7) is 4.45. The maximum Gasteiger partial charge on any atom is 0.335 e. The molecule has 1 aliphatic rings. The summed E-state index contributed by atoms with van der Waals surface area (Å²) < 4.78 is 5.94. The SMILES string of the molecule is CC1CCCCC1OCCNCc1cccc(C(=O)O)c1. The van der Waals surface area contributed by atoms with Crippen LogP contribution in [0.4, 0.5) is 0 Å². The Hall–Kier alpha value is -1.39. The molecule has 2 atom stereocenters. The van der Waals surface area contributed by atoms with Gasteiger partial charge < -0.3 is 15.2 Å². The zero-order chi connectivity index (χ0) is 15.1. The molecule has 0 bridgehead atoms. The third-order valence-electron chi connectivity index (χ3n) is 4.15. The Labute approximate surface area is 126 Å². The van der Waals surface area contributed by atoms with Gasteiger partial charge in [0.2, 0.25) is 0 Å². The van der Waals surface area contributed by atoms with Crippen molar-refractivity contribution in [2.24, 2.45) is 5.92 Å². The average Bonchev–Trinajstić information content (AvgIpc) is 2.49. The third kappa shape index (κ3) is 5.14. The molecule has 1 aliphatic carbocycles. The van der Waals surface area contributed by atoms with Gasteiger partial charge in [-0.2, -0.15) is 0 Å². The van der Waals surface area contributed by atoms with Crippen molar-refractivity contribution in [3.05, 3.63) is 35.4 Å².